The van der Waals surface area contributed by atoms with Crippen LogP contribution in [0.5, 0.6) is 0 Å². The number of piperidine rings is 1. The van der Waals surface area contributed by atoms with Gasteiger partial charge in [0.25, 0.3) is 0 Å². The zero-order chi connectivity index (χ0) is 22.4. The van der Waals surface area contributed by atoms with Gasteiger partial charge in [-0.05, 0) is 62.6 Å². The van der Waals surface area contributed by atoms with Gasteiger partial charge in [0.1, 0.15) is 0 Å². The Morgan fingerprint density at radius 3 is 2.39 bits per heavy atom. The SMILES string of the molecule is Cc1ccc(NC(=O)C(=O)NCCC2CCCCN2S(=O)(=O)c2ccc(Cl)cc2)cc1. The summed E-state index contributed by atoms with van der Waals surface area (Å²) in [6, 6.07) is 13.0. The van der Waals surface area contributed by atoms with E-state index in [2.05, 4.69) is 10.6 Å². The Morgan fingerprint density at radius 1 is 1.03 bits per heavy atom. The van der Waals surface area contributed by atoms with Gasteiger partial charge in [0.2, 0.25) is 10.0 Å². The van der Waals surface area contributed by atoms with E-state index >= 15 is 0 Å². The number of hydrogen-bond acceptors (Lipinski definition) is 4. The van der Waals surface area contributed by atoms with Gasteiger partial charge >= 0.3 is 11.8 Å². The van der Waals surface area contributed by atoms with E-state index in [4.69, 9.17) is 11.6 Å². The molecule has 1 heterocycles. The molecule has 9 heteroatoms. The van der Waals surface area contributed by atoms with Crippen LogP contribution in [0.4, 0.5) is 5.69 Å². The largest absolute Gasteiger partial charge is 0.348 e. The summed E-state index contributed by atoms with van der Waals surface area (Å²) in [6.45, 7) is 2.56. The molecule has 0 radical (unpaired) electrons. The predicted molar refractivity (Wildman–Crippen MR) is 120 cm³/mol. The van der Waals surface area contributed by atoms with Gasteiger partial charge in [0, 0.05) is 29.8 Å². The highest BCUT2D eigenvalue weighted by atomic mass is 35.5. The number of benzene rings is 2. The summed E-state index contributed by atoms with van der Waals surface area (Å²) in [5.41, 5.74) is 1.59. The van der Waals surface area contributed by atoms with Crippen molar-refractivity contribution in [3.05, 3.63) is 59.1 Å². The Balaban J connectivity index is 1.56. The molecule has 0 bridgehead atoms. The van der Waals surface area contributed by atoms with Gasteiger partial charge < -0.3 is 10.6 Å². The van der Waals surface area contributed by atoms with Gasteiger partial charge in [-0.2, -0.15) is 4.31 Å². The third-order valence-corrected chi connectivity index (χ3v) is 7.49. The van der Waals surface area contributed by atoms with Crippen LogP contribution in [0.15, 0.2) is 53.4 Å². The molecule has 0 aromatic heterocycles. The van der Waals surface area contributed by atoms with E-state index in [1.54, 1.807) is 24.3 Å². The van der Waals surface area contributed by atoms with Crippen molar-refractivity contribution in [2.45, 2.75) is 43.5 Å². The van der Waals surface area contributed by atoms with Crippen molar-refractivity contribution >= 4 is 39.1 Å². The fraction of sp³-hybridized carbons (Fsp3) is 0.364. The van der Waals surface area contributed by atoms with Crippen LogP contribution in [0.2, 0.25) is 5.02 Å². The van der Waals surface area contributed by atoms with Crippen molar-refractivity contribution < 1.29 is 18.0 Å². The summed E-state index contributed by atoms with van der Waals surface area (Å²) >= 11 is 5.88. The molecule has 166 valence electrons. The quantitative estimate of drug-likeness (QED) is 0.642. The zero-order valence-corrected chi connectivity index (χ0v) is 18.9. The molecule has 2 aromatic carbocycles. The van der Waals surface area contributed by atoms with Crippen LogP contribution < -0.4 is 10.6 Å². The number of halogens is 1. The predicted octanol–water partition coefficient (Wildman–Crippen LogP) is 3.34. The van der Waals surface area contributed by atoms with E-state index in [1.165, 1.54) is 16.4 Å². The average Bonchev–Trinajstić information content (AvgIpc) is 2.76. The molecule has 2 N–H and O–H groups in total. The summed E-state index contributed by atoms with van der Waals surface area (Å²) < 4.78 is 27.6. The Morgan fingerprint density at radius 2 is 1.71 bits per heavy atom. The van der Waals surface area contributed by atoms with E-state index in [-0.39, 0.29) is 17.5 Å². The van der Waals surface area contributed by atoms with Gasteiger partial charge in [0.15, 0.2) is 0 Å². The number of carbonyl (C=O) groups is 2. The molecule has 1 fully saturated rings. The Labute approximate surface area is 187 Å². The van der Waals surface area contributed by atoms with Crippen molar-refractivity contribution in [1.82, 2.24) is 9.62 Å². The van der Waals surface area contributed by atoms with E-state index in [9.17, 15) is 18.0 Å². The summed E-state index contributed by atoms with van der Waals surface area (Å²) in [4.78, 5) is 24.4. The van der Waals surface area contributed by atoms with Crippen LogP contribution >= 0.6 is 11.6 Å². The monoisotopic (exact) mass is 463 g/mol. The molecule has 0 spiro atoms. The van der Waals surface area contributed by atoms with E-state index in [0.717, 1.165) is 18.4 Å². The maximum absolute atomic E-state index is 13.1. The average molecular weight is 464 g/mol. The van der Waals surface area contributed by atoms with Gasteiger partial charge in [-0.1, -0.05) is 35.7 Å². The van der Waals surface area contributed by atoms with Gasteiger partial charge in [0.05, 0.1) is 4.90 Å². The van der Waals surface area contributed by atoms with E-state index in [0.29, 0.717) is 30.1 Å². The fourth-order valence-electron chi connectivity index (χ4n) is 3.58. The van der Waals surface area contributed by atoms with Gasteiger partial charge in [-0.25, -0.2) is 8.42 Å². The second-order valence-corrected chi connectivity index (χ2v) is 9.91. The Bertz CT molecular complexity index is 1020. The standard InChI is InChI=1S/C22H26ClN3O4S/c1-16-5-9-18(10-6-16)25-22(28)21(27)24-14-13-19-4-2-3-15-26(19)31(29,30)20-11-7-17(23)8-12-20/h5-12,19H,2-4,13-15H2,1H3,(H,24,27)(H,25,28). The number of hydrogen-bond donors (Lipinski definition) is 2. The lowest BCUT2D eigenvalue weighted by Gasteiger charge is -2.34. The molecule has 1 saturated heterocycles. The first kappa shape index (κ1) is 23.2. The van der Waals surface area contributed by atoms with E-state index < -0.39 is 21.8 Å². The third kappa shape index (κ3) is 6.06. The minimum Gasteiger partial charge on any atom is -0.348 e. The molecule has 3 rings (SSSR count). The van der Waals surface area contributed by atoms with Crippen LogP contribution in [0.1, 0.15) is 31.2 Å². The lowest BCUT2D eigenvalue weighted by molar-refractivity contribution is -0.136. The first-order valence-electron chi connectivity index (χ1n) is 10.2. The topological polar surface area (TPSA) is 95.6 Å². The molecule has 2 aromatic rings. The highest BCUT2D eigenvalue weighted by Crippen LogP contribution is 2.27. The van der Waals surface area contributed by atoms with Crippen LogP contribution in [0, 0.1) is 6.92 Å². The fourth-order valence-corrected chi connectivity index (χ4v) is 5.43. The molecule has 7 nitrogen and oxygen atoms in total. The van der Waals surface area contributed by atoms with Crippen molar-refractivity contribution in [3.63, 3.8) is 0 Å². The Kier molecular flexibility index (Phi) is 7.69. The molecule has 0 saturated carbocycles. The summed E-state index contributed by atoms with van der Waals surface area (Å²) in [6.07, 6.45) is 2.84. The van der Waals surface area contributed by atoms with Crippen molar-refractivity contribution in [3.8, 4) is 0 Å². The molecule has 1 atom stereocenters. The first-order chi connectivity index (χ1) is 14.8. The smallest absolute Gasteiger partial charge is 0.313 e. The Hall–Kier alpha value is -2.42. The van der Waals surface area contributed by atoms with Crippen LogP contribution in [-0.4, -0.2) is 43.7 Å². The summed E-state index contributed by atoms with van der Waals surface area (Å²) in [7, 11) is -3.66. The molecular formula is C22H26ClN3O4S. The minimum absolute atomic E-state index is 0.199. The van der Waals surface area contributed by atoms with Crippen LogP contribution in [0.25, 0.3) is 0 Å². The normalized spacial score (nSPS) is 17.2. The van der Waals surface area contributed by atoms with Gasteiger partial charge in [-0.3, -0.25) is 9.59 Å². The van der Waals surface area contributed by atoms with Crippen LogP contribution in [0.3, 0.4) is 0 Å². The number of aryl methyl sites for hydroxylation is 1. The van der Waals surface area contributed by atoms with Crippen molar-refractivity contribution in [2.75, 3.05) is 18.4 Å². The maximum atomic E-state index is 13.1. The molecule has 1 aliphatic rings. The second kappa shape index (κ2) is 10.3. The lowest BCUT2D eigenvalue weighted by Crippen LogP contribution is -2.45. The molecule has 0 aliphatic carbocycles. The maximum Gasteiger partial charge on any atom is 0.313 e. The number of rotatable bonds is 6. The van der Waals surface area contributed by atoms with Gasteiger partial charge in [-0.15, -0.1) is 0 Å². The number of amides is 2. The number of anilines is 1. The molecule has 1 aliphatic heterocycles. The summed E-state index contributed by atoms with van der Waals surface area (Å²) in [5, 5.41) is 5.61. The molecule has 31 heavy (non-hydrogen) atoms. The number of sulfonamides is 1. The number of nitrogens with one attached hydrogen (secondary N) is 2. The minimum atomic E-state index is -3.66. The highest BCUT2D eigenvalue weighted by molar-refractivity contribution is 7.89. The second-order valence-electron chi connectivity index (χ2n) is 7.58. The first-order valence-corrected chi connectivity index (χ1v) is 12.0. The van der Waals surface area contributed by atoms with Crippen LogP contribution in [-0.2, 0) is 19.6 Å². The van der Waals surface area contributed by atoms with Crippen molar-refractivity contribution in [2.24, 2.45) is 0 Å². The number of carbonyl (C=O) groups excluding carboxylic acids is 2. The van der Waals surface area contributed by atoms with Crippen molar-refractivity contribution in [1.29, 1.82) is 0 Å². The highest BCUT2D eigenvalue weighted by Gasteiger charge is 2.33. The zero-order valence-electron chi connectivity index (χ0n) is 17.3. The molecular weight excluding hydrogens is 438 g/mol. The molecule has 1 unspecified atom stereocenters. The third-order valence-electron chi connectivity index (χ3n) is 5.27. The lowest BCUT2D eigenvalue weighted by atomic mass is 10.0. The number of nitrogens with zero attached hydrogens (tertiary/aromatic N) is 1. The summed E-state index contributed by atoms with van der Waals surface area (Å²) in [5.74, 6) is -1.50. The molecule has 2 amide bonds. The van der Waals surface area contributed by atoms with E-state index in [1.807, 2.05) is 19.1 Å².